The van der Waals surface area contributed by atoms with E-state index in [4.69, 9.17) is 11.6 Å². The molecule has 0 unspecified atom stereocenters. The Labute approximate surface area is 127 Å². The van der Waals surface area contributed by atoms with Crippen molar-refractivity contribution in [2.45, 2.75) is 27.3 Å². The quantitative estimate of drug-likeness (QED) is 0.814. The highest BCUT2D eigenvalue weighted by molar-refractivity contribution is 6.31. The number of fused-ring (bicyclic) bond motifs is 1. The Morgan fingerprint density at radius 3 is 2.57 bits per heavy atom. The molecule has 2 rings (SSSR count). The van der Waals surface area contributed by atoms with E-state index in [-0.39, 0.29) is 18.1 Å². The molecule has 3 N–H and O–H groups in total. The largest absolute Gasteiger partial charge is 0.477 e. The Balaban J connectivity index is 2.41. The molecule has 1 amide bonds. The first-order valence-corrected chi connectivity index (χ1v) is 6.89. The summed E-state index contributed by atoms with van der Waals surface area (Å²) < 4.78 is 0. The maximum absolute atomic E-state index is 11.9. The number of H-pyrrole nitrogens is 1. The zero-order valence-electron chi connectivity index (χ0n) is 12.1. The average molecular weight is 309 g/mol. The van der Waals surface area contributed by atoms with Crippen LogP contribution < -0.4 is 5.32 Å². The molecule has 0 saturated heterocycles. The number of halogens is 1. The molecule has 21 heavy (non-hydrogen) atoms. The second-order valence-corrected chi connectivity index (χ2v) is 6.34. The first-order valence-electron chi connectivity index (χ1n) is 6.52. The zero-order valence-corrected chi connectivity index (χ0v) is 12.8. The van der Waals surface area contributed by atoms with Crippen LogP contribution in [0.3, 0.4) is 0 Å². The Morgan fingerprint density at radius 2 is 2.00 bits per heavy atom. The Bertz CT molecular complexity index is 714. The van der Waals surface area contributed by atoms with Gasteiger partial charge in [-0.3, -0.25) is 4.79 Å². The number of rotatable bonds is 3. The van der Waals surface area contributed by atoms with Gasteiger partial charge >= 0.3 is 5.97 Å². The number of carboxylic acid groups (broad SMARTS) is 1. The average Bonchev–Trinajstić information content (AvgIpc) is 2.72. The molecule has 0 aliphatic heterocycles. The second-order valence-electron chi connectivity index (χ2n) is 5.91. The number of carbonyl (C=O) groups excluding carboxylic acids is 1. The van der Waals surface area contributed by atoms with Crippen molar-refractivity contribution in [1.29, 1.82) is 0 Å². The van der Waals surface area contributed by atoms with Crippen molar-refractivity contribution >= 4 is 34.4 Å². The summed E-state index contributed by atoms with van der Waals surface area (Å²) in [6.45, 7) is 5.53. The van der Waals surface area contributed by atoms with Gasteiger partial charge in [0.15, 0.2) is 0 Å². The fourth-order valence-corrected chi connectivity index (χ4v) is 2.19. The van der Waals surface area contributed by atoms with Crippen molar-refractivity contribution in [1.82, 2.24) is 10.3 Å². The molecule has 0 saturated carbocycles. The summed E-state index contributed by atoms with van der Waals surface area (Å²) in [6.07, 6.45) is 0. The van der Waals surface area contributed by atoms with E-state index >= 15 is 0 Å². The van der Waals surface area contributed by atoms with Crippen molar-refractivity contribution in [3.05, 3.63) is 34.5 Å². The highest BCUT2D eigenvalue weighted by Crippen LogP contribution is 2.26. The summed E-state index contributed by atoms with van der Waals surface area (Å²) in [6, 6.07) is 5.10. The number of carbonyl (C=O) groups is 2. The third-order valence-electron chi connectivity index (χ3n) is 3.19. The highest BCUT2D eigenvalue weighted by Gasteiger charge is 2.23. The lowest BCUT2D eigenvalue weighted by atomic mass is 9.95. The molecule has 0 aliphatic carbocycles. The van der Waals surface area contributed by atoms with Gasteiger partial charge in [0.25, 0.3) is 0 Å². The Kier molecular flexibility index (Phi) is 3.96. The molecule has 0 bridgehead atoms. The van der Waals surface area contributed by atoms with Crippen LogP contribution in [0.2, 0.25) is 5.02 Å². The SMILES string of the molecule is CC(C)(C)C(=O)NCc1c(C(=O)O)[nH]c2ccc(Cl)cc12. The number of benzene rings is 1. The lowest BCUT2D eigenvalue weighted by molar-refractivity contribution is -0.128. The molecule has 1 aromatic carbocycles. The van der Waals surface area contributed by atoms with Gasteiger partial charge in [-0.25, -0.2) is 4.79 Å². The Morgan fingerprint density at radius 1 is 1.33 bits per heavy atom. The molecule has 0 fully saturated rings. The molecular formula is C15H17ClN2O3. The van der Waals surface area contributed by atoms with E-state index < -0.39 is 11.4 Å². The van der Waals surface area contributed by atoms with Crippen molar-refractivity contribution in [2.75, 3.05) is 0 Å². The summed E-state index contributed by atoms with van der Waals surface area (Å²) >= 11 is 5.97. The van der Waals surface area contributed by atoms with Gasteiger partial charge in [0.05, 0.1) is 0 Å². The van der Waals surface area contributed by atoms with E-state index in [9.17, 15) is 14.7 Å². The normalized spacial score (nSPS) is 11.6. The fraction of sp³-hybridized carbons (Fsp3) is 0.333. The summed E-state index contributed by atoms with van der Waals surface area (Å²) in [5, 5.41) is 13.3. The van der Waals surface area contributed by atoms with E-state index in [1.807, 2.05) is 0 Å². The first-order chi connectivity index (χ1) is 9.70. The minimum absolute atomic E-state index is 0.0708. The predicted octanol–water partition coefficient (Wildman–Crippen LogP) is 3.18. The van der Waals surface area contributed by atoms with Crippen LogP contribution in [-0.4, -0.2) is 22.0 Å². The number of nitrogens with one attached hydrogen (secondary N) is 2. The summed E-state index contributed by atoms with van der Waals surface area (Å²) in [4.78, 5) is 26.1. The van der Waals surface area contributed by atoms with Gasteiger partial charge in [-0.2, -0.15) is 0 Å². The van der Waals surface area contributed by atoms with Crippen LogP contribution >= 0.6 is 11.6 Å². The van der Waals surface area contributed by atoms with Gasteiger partial charge in [-0.05, 0) is 18.2 Å². The summed E-state index contributed by atoms with van der Waals surface area (Å²) in [7, 11) is 0. The number of aromatic carboxylic acids is 1. The molecule has 0 spiro atoms. The lowest BCUT2D eigenvalue weighted by Crippen LogP contribution is -2.34. The minimum Gasteiger partial charge on any atom is -0.477 e. The zero-order chi connectivity index (χ0) is 15.8. The van der Waals surface area contributed by atoms with Crippen LogP contribution in [0, 0.1) is 5.41 Å². The van der Waals surface area contributed by atoms with E-state index in [0.717, 1.165) is 0 Å². The maximum Gasteiger partial charge on any atom is 0.352 e. The van der Waals surface area contributed by atoms with Crippen molar-refractivity contribution in [3.63, 3.8) is 0 Å². The maximum atomic E-state index is 11.9. The molecule has 1 aromatic heterocycles. The van der Waals surface area contributed by atoms with Crippen LogP contribution in [0.5, 0.6) is 0 Å². The molecule has 0 aliphatic rings. The fourth-order valence-electron chi connectivity index (χ4n) is 2.02. The molecule has 5 nitrogen and oxygen atoms in total. The van der Waals surface area contributed by atoms with Crippen LogP contribution in [0.15, 0.2) is 18.2 Å². The van der Waals surface area contributed by atoms with Gasteiger partial charge in [0.2, 0.25) is 5.91 Å². The molecule has 2 aromatic rings. The Hall–Kier alpha value is -2.01. The number of aromatic amines is 1. The third kappa shape index (κ3) is 3.19. The van der Waals surface area contributed by atoms with E-state index in [2.05, 4.69) is 10.3 Å². The summed E-state index contributed by atoms with van der Waals surface area (Å²) in [5.41, 5.74) is 0.739. The molecule has 1 heterocycles. The number of amides is 1. The van der Waals surface area contributed by atoms with Crippen LogP contribution in [-0.2, 0) is 11.3 Å². The molecule has 112 valence electrons. The summed E-state index contributed by atoms with van der Waals surface area (Å²) in [5.74, 6) is -1.21. The molecular weight excluding hydrogens is 292 g/mol. The van der Waals surface area contributed by atoms with Crippen LogP contribution in [0.25, 0.3) is 10.9 Å². The molecule has 0 radical (unpaired) electrons. The highest BCUT2D eigenvalue weighted by atomic mass is 35.5. The van der Waals surface area contributed by atoms with E-state index in [0.29, 0.717) is 21.5 Å². The first kappa shape index (κ1) is 15.4. The second kappa shape index (κ2) is 5.41. The van der Waals surface area contributed by atoms with Gasteiger partial charge < -0.3 is 15.4 Å². The number of hydrogen-bond acceptors (Lipinski definition) is 2. The smallest absolute Gasteiger partial charge is 0.352 e. The van der Waals surface area contributed by atoms with Gasteiger partial charge in [-0.1, -0.05) is 32.4 Å². The van der Waals surface area contributed by atoms with Crippen molar-refractivity contribution < 1.29 is 14.7 Å². The third-order valence-corrected chi connectivity index (χ3v) is 3.42. The standard InChI is InChI=1S/C15H17ClN2O3/c1-15(2,3)14(21)17-7-10-9-6-8(16)4-5-11(9)18-12(10)13(19)20/h4-6,18H,7H2,1-3H3,(H,17,21)(H,19,20). The van der Waals surface area contributed by atoms with Crippen LogP contribution in [0.1, 0.15) is 36.8 Å². The van der Waals surface area contributed by atoms with Gasteiger partial charge in [0.1, 0.15) is 5.69 Å². The van der Waals surface area contributed by atoms with E-state index in [1.54, 1.807) is 39.0 Å². The van der Waals surface area contributed by atoms with Crippen molar-refractivity contribution in [2.24, 2.45) is 5.41 Å². The predicted molar refractivity (Wildman–Crippen MR) is 81.6 cm³/mol. The topological polar surface area (TPSA) is 82.2 Å². The number of carboxylic acids is 1. The number of hydrogen-bond donors (Lipinski definition) is 3. The molecule has 0 atom stereocenters. The lowest BCUT2D eigenvalue weighted by Gasteiger charge is -2.17. The van der Waals surface area contributed by atoms with Crippen molar-refractivity contribution in [3.8, 4) is 0 Å². The van der Waals surface area contributed by atoms with Gasteiger partial charge in [0, 0.05) is 33.4 Å². The monoisotopic (exact) mass is 308 g/mol. The van der Waals surface area contributed by atoms with Crippen LogP contribution in [0.4, 0.5) is 0 Å². The van der Waals surface area contributed by atoms with Gasteiger partial charge in [-0.15, -0.1) is 0 Å². The van der Waals surface area contributed by atoms with E-state index in [1.165, 1.54) is 0 Å². The number of aromatic nitrogens is 1. The minimum atomic E-state index is -1.07. The molecule has 6 heteroatoms.